The number of hydrogen-bond acceptors (Lipinski definition) is 4. The van der Waals surface area contributed by atoms with Gasteiger partial charge in [0.15, 0.2) is 5.78 Å². The molecule has 2 heterocycles. The van der Waals surface area contributed by atoms with Crippen molar-refractivity contribution in [3.63, 3.8) is 0 Å². The number of ketones is 1. The van der Waals surface area contributed by atoms with E-state index in [4.69, 9.17) is 21.1 Å². The molecule has 2 atom stereocenters. The summed E-state index contributed by atoms with van der Waals surface area (Å²) in [6.45, 7) is 1.63. The first kappa shape index (κ1) is 15.5. The average Bonchev–Trinajstić information content (AvgIpc) is 3.20. The Hall–Kier alpha value is -1.43. The van der Waals surface area contributed by atoms with E-state index in [0.29, 0.717) is 48.9 Å². The SMILES string of the molecule is O=C(c1ccc(Cl)cc1NC(=O)C1CCCO1)C1CCOC1. The predicted molar refractivity (Wildman–Crippen MR) is 82.3 cm³/mol. The molecule has 1 aromatic rings. The highest BCUT2D eigenvalue weighted by atomic mass is 35.5. The van der Waals surface area contributed by atoms with Crippen molar-refractivity contribution in [1.82, 2.24) is 0 Å². The van der Waals surface area contributed by atoms with E-state index >= 15 is 0 Å². The topological polar surface area (TPSA) is 64.6 Å². The molecular formula is C16H18ClNO4. The molecule has 0 aromatic heterocycles. The molecule has 22 heavy (non-hydrogen) atoms. The van der Waals surface area contributed by atoms with Crippen LogP contribution in [0.4, 0.5) is 5.69 Å². The molecule has 1 amide bonds. The number of carbonyl (C=O) groups excluding carboxylic acids is 2. The fourth-order valence-corrected chi connectivity index (χ4v) is 2.97. The van der Waals surface area contributed by atoms with Crippen molar-refractivity contribution in [3.8, 4) is 0 Å². The third-order valence-corrected chi connectivity index (χ3v) is 4.26. The molecule has 2 fully saturated rings. The summed E-state index contributed by atoms with van der Waals surface area (Å²) in [4.78, 5) is 24.8. The molecule has 6 heteroatoms. The highest BCUT2D eigenvalue weighted by Gasteiger charge is 2.28. The van der Waals surface area contributed by atoms with Gasteiger partial charge in [0, 0.05) is 29.7 Å². The zero-order valence-corrected chi connectivity index (χ0v) is 12.9. The van der Waals surface area contributed by atoms with E-state index < -0.39 is 6.10 Å². The number of halogens is 1. The Morgan fingerprint density at radius 2 is 2.09 bits per heavy atom. The van der Waals surface area contributed by atoms with Gasteiger partial charge in [-0.25, -0.2) is 0 Å². The molecule has 1 aromatic carbocycles. The number of carbonyl (C=O) groups is 2. The molecule has 0 saturated carbocycles. The molecule has 2 aliphatic heterocycles. The summed E-state index contributed by atoms with van der Waals surface area (Å²) in [6, 6.07) is 4.93. The highest BCUT2D eigenvalue weighted by Crippen LogP contribution is 2.27. The van der Waals surface area contributed by atoms with Crippen LogP contribution in [0.2, 0.25) is 5.02 Å². The normalized spacial score (nSPS) is 24.4. The van der Waals surface area contributed by atoms with Crippen LogP contribution in [0.15, 0.2) is 18.2 Å². The molecule has 2 unspecified atom stereocenters. The monoisotopic (exact) mass is 323 g/mol. The summed E-state index contributed by atoms with van der Waals surface area (Å²) in [5.74, 6) is -0.396. The first-order chi connectivity index (χ1) is 10.6. The summed E-state index contributed by atoms with van der Waals surface area (Å²) in [6.07, 6.45) is 1.84. The van der Waals surface area contributed by atoms with Gasteiger partial charge in [0.1, 0.15) is 6.10 Å². The maximum absolute atomic E-state index is 12.6. The number of ether oxygens (including phenoxy) is 2. The van der Waals surface area contributed by atoms with E-state index in [0.717, 1.165) is 6.42 Å². The zero-order valence-electron chi connectivity index (χ0n) is 12.1. The molecule has 0 aliphatic carbocycles. The Morgan fingerprint density at radius 3 is 2.77 bits per heavy atom. The van der Waals surface area contributed by atoms with E-state index in [1.165, 1.54) is 0 Å². The number of hydrogen-bond donors (Lipinski definition) is 1. The van der Waals surface area contributed by atoms with Crippen molar-refractivity contribution in [2.24, 2.45) is 5.92 Å². The van der Waals surface area contributed by atoms with Crippen LogP contribution < -0.4 is 5.32 Å². The second kappa shape index (κ2) is 6.77. The standard InChI is InChI=1S/C16H18ClNO4/c17-11-3-4-12(15(19)10-5-7-21-9-10)13(8-11)18-16(20)14-2-1-6-22-14/h3-4,8,10,14H,1-2,5-7,9H2,(H,18,20). The lowest BCUT2D eigenvalue weighted by atomic mass is 9.95. The van der Waals surface area contributed by atoms with Crippen molar-refractivity contribution in [3.05, 3.63) is 28.8 Å². The minimum Gasteiger partial charge on any atom is -0.381 e. The molecule has 0 spiro atoms. The van der Waals surface area contributed by atoms with Crippen LogP contribution in [-0.2, 0) is 14.3 Å². The molecule has 2 aliphatic rings. The van der Waals surface area contributed by atoms with Gasteiger partial charge < -0.3 is 14.8 Å². The van der Waals surface area contributed by atoms with Crippen LogP contribution in [0.3, 0.4) is 0 Å². The quantitative estimate of drug-likeness (QED) is 0.865. The van der Waals surface area contributed by atoms with E-state index in [2.05, 4.69) is 5.32 Å². The van der Waals surface area contributed by atoms with Gasteiger partial charge in [0.05, 0.1) is 12.3 Å². The molecule has 0 bridgehead atoms. The van der Waals surface area contributed by atoms with Crippen molar-refractivity contribution in [1.29, 1.82) is 0 Å². The van der Waals surface area contributed by atoms with Gasteiger partial charge in [-0.05, 0) is 37.5 Å². The van der Waals surface area contributed by atoms with Gasteiger partial charge in [0.25, 0.3) is 5.91 Å². The number of nitrogens with one attached hydrogen (secondary N) is 1. The molecular weight excluding hydrogens is 306 g/mol. The number of anilines is 1. The first-order valence-electron chi connectivity index (χ1n) is 7.49. The highest BCUT2D eigenvalue weighted by molar-refractivity contribution is 6.31. The second-order valence-corrected chi connectivity index (χ2v) is 6.04. The van der Waals surface area contributed by atoms with Gasteiger partial charge in [0.2, 0.25) is 0 Å². The van der Waals surface area contributed by atoms with E-state index in [1.54, 1.807) is 18.2 Å². The van der Waals surface area contributed by atoms with Crippen molar-refractivity contribution >= 4 is 29.0 Å². The van der Waals surface area contributed by atoms with E-state index in [9.17, 15) is 9.59 Å². The van der Waals surface area contributed by atoms with Crippen LogP contribution >= 0.6 is 11.6 Å². The summed E-state index contributed by atoms with van der Waals surface area (Å²) in [5.41, 5.74) is 0.927. The molecule has 5 nitrogen and oxygen atoms in total. The maximum atomic E-state index is 12.6. The predicted octanol–water partition coefficient (Wildman–Crippen LogP) is 2.68. The maximum Gasteiger partial charge on any atom is 0.253 e. The Bertz CT molecular complexity index is 578. The van der Waals surface area contributed by atoms with Gasteiger partial charge in [-0.2, -0.15) is 0 Å². The lowest BCUT2D eigenvalue weighted by Gasteiger charge is -2.15. The van der Waals surface area contributed by atoms with Gasteiger partial charge in [-0.15, -0.1) is 0 Å². The fourth-order valence-electron chi connectivity index (χ4n) is 2.79. The van der Waals surface area contributed by atoms with Gasteiger partial charge >= 0.3 is 0 Å². The van der Waals surface area contributed by atoms with Crippen LogP contribution in [0.1, 0.15) is 29.6 Å². The van der Waals surface area contributed by atoms with Crippen molar-refractivity contribution in [2.75, 3.05) is 25.1 Å². The summed E-state index contributed by atoms with van der Waals surface area (Å²) in [5, 5.41) is 3.26. The Labute approximate surface area is 133 Å². The molecule has 1 N–H and O–H groups in total. The fraction of sp³-hybridized carbons (Fsp3) is 0.500. The smallest absolute Gasteiger partial charge is 0.253 e. The van der Waals surface area contributed by atoms with Gasteiger partial charge in [-0.3, -0.25) is 9.59 Å². The number of amides is 1. The second-order valence-electron chi connectivity index (χ2n) is 5.61. The number of rotatable bonds is 4. The molecule has 118 valence electrons. The largest absolute Gasteiger partial charge is 0.381 e. The zero-order chi connectivity index (χ0) is 15.5. The summed E-state index contributed by atoms with van der Waals surface area (Å²) < 4.78 is 10.6. The Balaban J connectivity index is 1.80. The third kappa shape index (κ3) is 3.32. The molecule has 0 radical (unpaired) electrons. The molecule has 3 rings (SSSR count). The van der Waals surface area contributed by atoms with Crippen LogP contribution in [-0.4, -0.2) is 37.6 Å². The third-order valence-electron chi connectivity index (χ3n) is 4.03. The van der Waals surface area contributed by atoms with E-state index in [-0.39, 0.29) is 17.6 Å². The van der Waals surface area contributed by atoms with E-state index in [1.807, 2.05) is 0 Å². The lowest BCUT2D eigenvalue weighted by Crippen LogP contribution is -2.28. The lowest BCUT2D eigenvalue weighted by molar-refractivity contribution is -0.124. The van der Waals surface area contributed by atoms with Crippen LogP contribution in [0, 0.1) is 5.92 Å². The van der Waals surface area contributed by atoms with Crippen LogP contribution in [0.25, 0.3) is 0 Å². The number of Topliss-reactive ketones (excluding diaryl/α,β-unsaturated/α-hetero) is 1. The average molecular weight is 324 g/mol. The van der Waals surface area contributed by atoms with Crippen LogP contribution in [0.5, 0.6) is 0 Å². The summed E-state index contributed by atoms with van der Waals surface area (Å²) >= 11 is 6.01. The summed E-state index contributed by atoms with van der Waals surface area (Å²) in [7, 11) is 0. The Kier molecular flexibility index (Phi) is 4.76. The first-order valence-corrected chi connectivity index (χ1v) is 7.87. The molecule has 2 saturated heterocycles. The minimum absolute atomic E-state index is 0.0168. The van der Waals surface area contributed by atoms with Gasteiger partial charge in [-0.1, -0.05) is 11.6 Å². The number of benzene rings is 1. The Morgan fingerprint density at radius 1 is 1.23 bits per heavy atom. The minimum atomic E-state index is -0.447. The van der Waals surface area contributed by atoms with Crippen molar-refractivity contribution in [2.45, 2.75) is 25.4 Å². The van der Waals surface area contributed by atoms with Crippen molar-refractivity contribution < 1.29 is 19.1 Å².